The van der Waals surface area contributed by atoms with Gasteiger partial charge in [-0.05, 0) is 36.2 Å². The van der Waals surface area contributed by atoms with Gasteiger partial charge in [0.05, 0.1) is 6.61 Å². The maximum absolute atomic E-state index is 12.7. The van der Waals surface area contributed by atoms with Crippen molar-refractivity contribution in [2.75, 3.05) is 6.61 Å². The van der Waals surface area contributed by atoms with Crippen LogP contribution in [0.5, 0.6) is 11.5 Å². The molecule has 0 radical (unpaired) electrons. The van der Waals surface area contributed by atoms with E-state index in [1.165, 1.54) is 6.07 Å². The first kappa shape index (κ1) is 22.7. The second-order valence-electron chi connectivity index (χ2n) is 5.58. The predicted molar refractivity (Wildman–Crippen MR) is 102 cm³/mol. The maximum Gasteiger partial charge on any atom is 0.387 e. The van der Waals surface area contributed by atoms with E-state index in [1.54, 1.807) is 36.4 Å². The number of benzene rings is 2. The van der Waals surface area contributed by atoms with Crippen molar-refractivity contribution in [2.45, 2.75) is 33.0 Å². The summed E-state index contributed by atoms with van der Waals surface area (Å²) in [7, 11) is 0. The molecule has 8 heteroatoms. The van der Waals surface area contributed by atoms with Gasteiger partial charge in [0.15, 0.2) is 0 Å². The van der Waals surface area contributed by atoms with Crippen molar-refractivity contribution in [3.05, 3.63) is 59.2 Å². The summed E-state index contributed by atoms with van der Waals surface area (Å²) in [6.07, 6.45) is 0.797. The van der Waals surface area contributed by atoms with Crippen molar-refractivity contribution in [3.8, 4) is 11.5 Å². The summed E-state index contributed by atoms with van der Waals surface area (Å²) in [5, 5.41) is 2.69. The molecule has 5 nitrogen and oxygen atoms in total. The third kappa shape index (κ3) is 7.03. The van der Waals surface area contributed by atoms with Crippen molar-refractivity contribution in [1.29, 1.82) is 0 Å². The molecule has 2 aromatic rings. The van der Waals surface area contributed by atoms with E-state index in [-0.39, 0.29) is 30.6 Å². The smallest absolute Gasteiger partial charge is 0.387 e. The first-order valence-corrected chi connectivity index (χ1v) is 8.31. The number of nitrogens with one attached hydrogen (secondary N) is 1. The molecule has 0 fully saturated rings. The number of halogens is 3. The Kier molecular flexibility index (Phi) is 9.53. The van der Waals surface area contributed by atoms with Gasteiger partial charge in [-0.2, -0.15) is 8.78 Å². The molecule has 2 rings (SSSR count). The van der Waals surface area contributed by atoms with Gasteiger partial charge in [0.25, 0.3) is 5.91 Å². The van der Waals surface area contributed by atoms with Crippen LogP contribution in [0.15, 0.2) is 42.5 Å². The Morgan fingerprint density at radius 3 is 2.48 bits per heavy atom. The van der Waals surface area contributed by atoms with Gasteiger partial charge in [-0.1, -0.05) is 19.1 Å². The van der Waals surface area contributed by atoms with E-state index >= 15 is 0 Å². The van der Waals surface area contributed by atoms with E-state index in [9.17, 15) is 13.6 Å². The van der Waals surface area contributed by atoms with Crippen LogP contribution in [0.25, 0.3) is 0 Å². The molecule has 0 aromatic heterocycles. The lowest BCUT2D eigenvalue weighted by molar-refractivity contribution is -0.0505. The molecule has 148 valence electrons. The number of rotatable bonds is 9. The Balaban J connectivity index is 0.00000364. The number of amides is 1. The van der Waals surface area contributed by atoms with Crippen molar-refractivity contribution in [2.24, 2.45) is 5.73 Å². The van der Waals surface area contributed by atoms with Crippen LogP contribution in [-0.4, -0.2) is 19.1 Å². The monoisotopic (exact) mass is 400 g/mol. The van der Waals surface area contributed by atoms with Crippen LogP contribution in [-0.2, 0) is 13.1 Å². The highest BCUT2D eigenvalue weighted by Gasteiger charge is 2.13. The average Bonchev–Trinajstić information content (AvgIpc) is 2.65. The van der Waals surface area contributed by atoms with Gasteiger partial charge in [-0.25, -0.2) is 0 Å². The standard InChI is InChI=1S/C19H22F2N2O3.ClH/c1-2-9-25-16-8-7-15(17(10-16)26-19(20)21)12-23-18(24)14-5-3-13(11-22)4-6-14;/h3-8,10,19H,2,9,11-12,22H2,1H3,(H,23,24);1H. The first-order chi connectivity index (χ1) is 12.5. The highest BCUT2D eigenvalue weighted by molar-refractivity contribution is 5.94. The Labute approximate surface area is 163 Å². The molecule has 0 atom stereocenters. The number of hydrogen-bond donors (Lipinski definition) is 2. The Hall–Kier alpha value is -2.38. The third-order valence-electron chi connectivity index (χ3n) is 3.62. The van der Waals surface area contributed by atoms with Crippen LogP contribution < -0.4 is 20.5 Å². The van der Waals surface area contributed by atoms with Gasteiger partial charge in [-0.3, -0.25) is 4.79 Å². The van der Waals surface area contributed by atoms with Gasteiger partial charge in [0.1, 0.15) is 11.5 Å². The lowest BCUT2D eigenvalue weighted by atomic mass is 10.1. The first-order valence-electron chi connectivity index (χ1n) is 8.31. The van der Waals surface area contributed by atoms with E-state index in [4.69, 9.17) is 10.5 Å². The van der Waals surface area contributed by atoms with Crippen LogP contribution in [0.3, 0.4) is 0 Å². The summed E-state index contributed by atoms with van der Waals surface area (Å²) in [6, 6.07) is 11.5. The van der Waals surface area contributed by atoms with E-state index in [2.05, 4.69) is 10.1 Å². The number of alkyl halides is 2. The summed E-state index contributed by atoms with van der Waals surface area (Å²) >= 11 is 0. The van der Waals surface area contributed by atoms with Crippen molar-refractivity contribution < 1.29 is 23.0 Å². The van der Waals surface area contributed by atoms with Crippen LogP contribution in [0, 0.1) is 0 Å². The number of carbonyl (C=O) groups is 1. The molecular formula is C19H23ClF2N2O3. The largest absolute Gasteiger partial charge is 0.493 e. The number of carbonyl (C=O) groups excluding carboxylic acids is 1. The van der Waals surface area contributed by atoms with Gasteiger partial charge >= 0.3 is 6.61 Å². The van der Waals surface area contributed by atoms with Crippen LogP contribution in [0.4, 0.5) is 8.78 Å². The minimum atomic E-state index is -2.96. The zero-order valence-corrected chi connectivity index (χ0v) is 15.7. The molecule has 0 aliphatic heterocycles. The minimum absolute atomic E-state index is 0. The summed E-state index contributed by atoms with van der Waals surface area (Å²) in [6.45, 7) is -0.102. The summed E-state index contributed by atoms with van der Waals surface area (Å²) < 4.78 is 35.3. The molecular weight excluding hydrogens is 378 g/mol. The van der Waals surface area contributed by atoms with E-state index in [0.717, 1.165) is 12.0 Å². The zero-order valence-electron chi connectivity index (χ0n) is 14.9. The van der Waals surface area contributed by atoms with Crippen LogP contribution in [0.1, 0.15) is 34.8 Å². The molecule has 0 heterocycles. The molecule has 0 bridgehead atoms. The van der Waals surface area contributed by atoms with Gasteiger partial charge < -0.3 is 20.5 Å². The molecule has 0 saturated carbocycles. The Morgan fingerprint density at radius 1 is 1.19 bits per heavy atom. The normalized spacial score (nSPS) is 10.3. The Morgan fingerprint density at radius 2 is 1.89 bits per heavy atom. The quantitative estimate of drug-likeness (QED) is 0.669. The van der Waals surface area contributed by atoms with Crippen LogP contribution >= 0.6 is 12.4 Å². The van der Waals surface area contributed by atoms with E-state index in [0.29, 0.717) is 30.0 Å². The van der Waals surface area contributed by atoms with Crippen molar-refractivity contribution in [1.82, 2.24) is 5.32 Å². The summed E-state index contributed by atoms with van der Waals surface area (Å²) in [5.41, 5.74) is 7.33. The topological polar surface area (TPSA) is 73.6 Å². The molecule has 2 aromatic carbocycles. The van der Waals surface area contributed by atoms with Crippen LogP contribution in [0.2, 0.25) is 0 Å². The van der Waals surface area contributed by atoms with Gasteiger partial charge in [0.2, 0.25) is 0 Å². The molecule has 1 amide bonds. The molecule has 0 saturated heterocycles. The lowest BCUT2D eigenvalue weighted by Gasteiger charge is -2.14. The molecule has 0 unspecified atom stereocenters. The second-order valence-corrected chi connectivity index (χ2v) is 5.58. The SMILES string of the molecule is CCCOc1ccc(CNC(=O)c2ccc(CN)cc2)c(OC(F)F)c1.Cl. The van der Waals surface area contributed by atoms with Gasteiger partial charge in [-0.15, -0.1) is 12.4 Å². The van der Waals surface area contributed by atoms with E-state index in [1.807, 2.05) is 6.92 Å². The number of nitrogens with two attached hydrogens (primary N) is 1. The lowest BCUT2D eigenvalue weighted by Crippen LogP contribution is -2.23. The second kappa shape index (κ2) is 11.4. The summed E-state index contributed by atoms with van der Waals surface area (Å²) in [5.74, 6) is 0.102. The van der Waals surface area contributed by atoms with Crippen molar-refractivity contribution in [3.63, 3.8) is 0 Å². The molecule has 0 spiro atoms. The summed E-state index contributed by atoms with van der Waals surface area (Å²) in [4.78, 5) is 12.2. The fourth-order valence-corrected chi connectivity index (χ4v) is 2.27. The zero-order chi connectivity index (χ0) is 18.9. The highest BCUT2D eigenvalue weighted by Crippen LogP contribution is 2.26. The average molecular weight is 401 g/mol. The van der Waals surface area contributed by atoms with Crippen molar-refractivity contribution >= 4 is 18.3 Å². The molecule has 3 N–H and O–H groups in total. The Bertz CT molecular complexity index is 727. The van der Waals surface area contributed by atoms with E-state index < -0.39 is 6.61 Å². The highest BCUT2D eigenvalue weighted by atomic mass is 35.5. The molecule has 0 aliphatic rings. The minimum Gasteiger partial charge on any atom is -0.493 e. The molecule has 27 heavy (non-hydrogen) atoms. The third-order valence-corrected chi connectivity index (χ3v) is 3.62. The number of hydrogen-bond acceptors (Lipinski definition) is 4. The fourth-order valence-electron chi connectivity index (χ4n) is 2.27. The predicted octanol–water partition coefficient (Wildman–Crippen LogP) is 3.89. The van der Waals surface area contributed by atoms with Gasteiger partial charge in [0, 0.05) is 30.3 Å². The molecule has 0 aliphatic carbocycles. The maximum atomic E-state index is 12.7. The fraction of sp³-hybridized carbons (Fsp3) is 0.316. The number of ether oxygens (including phenoxy) is 2.